The number of carbonyl (C=O) groups is 1. The zero-order chi connectivity index (χ0) is 23.3. The van der Waals surface area contributed by atoms with Crippen LogP contribution < -0.4 is 5.63 Å². The van der Waals surface area contributed by atoms with Gasteiger partial charge in [-0.15, -0.1) is 0 Å². The molecule has 11 atom stereocenters. The quantitative estimate of drug-likeness (QED) is 0.518. The van der Waals surface area contributed by atoms with Crippen molar-refractivity contribution < 1.29 is 28.9 Å². The lowest BCUT2D eigenvalue weighted by Gasteiger charge is -2.62. The summed E-state index contributed by atoms with van der Waals surface area (Å²) in [5, 5.41) is 22.1. The lowest BCUT2D eigenvalue weighted by atomic mass is 9.43. The van der Waals surface area contributed by atoms with Crippen LogP contribution in [-0.2, 0) is 14.3 Å². The van der Waals surface area contributed by atoms with E-state index in [9.17, 15) is 19.8 Å². The summed E-state index contributed by atoms with van der Waals surface area (Å²) in [7, 11) is 0. The first-order chi connectivity index (χ1) is 15.6. The summed E-state index contributed by atoms with van der Waals surface area (Å²) in [6.07, 6.45) is 5.07. The maximum atomic E-state index is 12.1. The van der Waals surface area contributed by atoms with E-state index in [4.69, 9.17) is 13.9 Å². The minimum atomic E-state index is -0.670. The summed E-state index contributed by atoms with van der Waals surface area (Å²) in [6, 6.07) is 3.12. The van der Waals surface area contributed by atoms with Crippen molar-refractivity contribution in [3.8, 4) is 0 Å². The van der Waals surface area contributed by atoms with Crippen LogP contribution in [-0.4, -0.2) is 46.2 Å². The van der Waals surface area contributed by atoms with E-state index in [1.54, 1.807) is 6.07 Å². The topological polar surface area (TPSA) is 110 Å². The summed E-state index contributed by atoms with van der Waals surface area (Å²) in [4.78, 5) is 23.7. The lowest BCUT2D eigenvalue weighted by molar-refractivity contribution is -0.190. The van der Waals surface area contributed by atoms with E-state index < -0.39 is 28.8 Å². The molecule has 180 valence electrons. The molecule has 33 heavy (non-hydrogen) atoms. The number of hydrogen-bond donors (Lipinski definition) is 2. The Labute approximate surface area is 193 Å². The molecule has 1 saturated heterocycles. The van der Waals surface area contributed by atoms with E-state index in [0.717, 1.165) is 37.7 Å². The minimum Gasteiger partial charge on any atom is -0.459 e. The van der Waals surface area contributed by atoms with Gasteiger partial charge in [0.15, 0.2) is 0 Å². The summed E-state index contributed by atoms with van der Waals surface area (Å²) in [5.41, 5.74) is -0.852. The molecule has 2 heterocycles. The van der Waals surface area contributed by atoms with Gasteiger partial charge in [-0.2, -0.15) is 0 Å². The Morgan fingerprint density at radius 2 is 1.91 bits per heavy atom. The van der Waals surface area contributed by atoms with Crippen LogP contribution in [0.4, 0.5) is 0 Å². The second kappa shape index (κ2) is 6.92. The number of aliphatic hydroxyl groups is 2. The third-order valence-corrected chi connectivity index (χ3v) is 10.6. The Morgan fingerprint density at radius 1 is 1.12 bits per heavy atom. The molecule has 0 amide bonds. The summed E-state index contributed by atoms with van der Waals surface area (Å²) >= 11 is 0. The largest absolute Gasteiger partial charge is 0.459 e. The van der Waals surface area contributed by atoms with Gasteiger partial charge < -0.3 is 24.1 Å². The van der Waals surface area contributed by atoms with Crippen LogP contribution >= 0.6 is 0 Å². The maximum absolute atomic E-state index is 12.1. The summed E-state index contributed by atoms with van der Waals surface area (Å²) in [6.45, 7) is 5.83. The number of rotatable bonds is 2. The van der Waals surface area contributed by atoms with E-state index in [2.05, 4.69) is 13.8 Å². The Hall–Kier alpha value is -1.70. The number of esters is 1. The molecular weight excluding hydrogens is 424 g/mol. The molecule has 7 heteroatoms. The average Bonchev–Trinajstić information content (AvgIpc) is 3.46. The van der Waals surface area contributed by atoms with Gasteiger partial charge in [0.2, 0.25) is 0 Å². The zero-order valence-corrected chi connectivity index (χ0v) is 19.5. The number of fused-ring (bicyclic) bond motifs is 3. The fraction of sp³-hybridized carbons (Fsp3) is 0.769. The first-order valence-electron chi connectivity index (χ1n) is 12.4. The Kier molecular flexibility index (Phi) is 4.57. The highest BCUT2D eigenvalue weighted by molar-refractivity contribution is 5.67. The molecule has 0 unspecified atom stereocenters. The molecule has 0 aromatic carbocycles. The van der Waals surface area contributed by atoms with Crippen LogP contribution in [0.5, 0.6) is 0 Å². The Morgan fingerprint density at radius 3 is 2.61 bits per heavy atom. The van der Waals surface area contributed by atoms with Crippen molar-refractivity contribution in [1.82, 2.24) is 0 Å². The van der Waals surface area contributed by atoms with Crippen LogP contribution in [0.25, 0.3) is 0 Å². The van der Waals surface area contributed by atoms with Crippen LogP contribution in [0.2, 0.25) is 0 Å². The Bertz CT molecular complexity index is 1020. The molecule has 0 bridgehead atoms. The highest BCUT2D eigenvalue weighted by Gasteiger charge is 2.86. The van der Waals surface area contributed by atoms with E-state index in [0.29, 0.717) is 18.3 Å². The monoisotopic (exact) mass is 458 g/mol. The van der Waals surface area contributed by atoms with Crippen LogP contribution in [0, 0.1) is 28.6 Å². The van der Waals surface area contributed by atoms with Gasteiger partial charge in [0.05, 0.1) is 18.5 Å². The van der Waals surface area contributed by atoms with Gasteiger partial charge in [-0.3, -0.25) is 4.79 Å². The third-order valence-electron chi connectivity index (χ3n) is 10.6. The number of hydrogen-bond acceptors (Lipinski definition) is 7. The second-order valence-electron chi connectivity index (χ2n) is 11.7. The predicted octanol–water partition coefficient (Wildman–Crippen LogP) is 2.77. The molecule has 7 nitrogen and oxygen atoms in total. The lowest BCUT2D eigenvalue weighted by Crippen LogP contribution is -2.63. The van der Waals surface area contributed by atoms with Crippen molar-refractivity contribution in [2.45, 2.75) is 95.2 Å². The highest BCUT2D eigenvalue weighted by atomic mass is 16.7. The number of epoxide rings is 1. The molecule has 1 aliphatic heterocycles. The Balaban J connectivity index is 1.44. The second-order valence-corrected chi connectivity index (χ2v) is 11.7. The van der Waals surface area contributed by atoms with Crippen LogP contribution in [0.15, 0.2) is 27.6 Å². The number of ether oxygens (including phenoxy) is 2. The third kappa shape index (κ3) is 2.67. The van der Waals surface area contributed by atoms with E-state index in [1.807, 2.05) is 0 Å². The van der Waals surface area contributed by atoms with Crippen molar-refractivity contribution in [2.24, 2.45) is 28.6 Å². The van der Waals surface area contributed by atoms with Crippen molar-refractivity contribution in [2.75, 3.05) is 0 Å². The first kappa shape index (κ1) is 21.8. The van der Waals surface area contributed by atoms with Gasteiger partial charge in [0.25, 0.3) is 0 Å². The molecule has 2 N–H and O–H groups in total. The molecular formula is C26H34O7. The molecule has 5 aliphatic rings. The first-order valence-corrected chi connectivity index (χ1v) is 12.4. The maximum Gasteiger partial charge on any atom is 0.335 e. The van der Waals surface area contributed by atoms with E-state index >= 15 is 0 Å². The van der Waals surface area contributed by atoms with Gasteiger partial charge >= 0.3 is 11.6 Å². The van der Waals surface area contributed by atoms with Crippen molar-refractivity contribution in [3.05, 3.63) is 34.4 Å². The molecule has 4 aliphatic carbocycles. The predicted molar refractivity (Wildman–Crippen MR) is 117 cm³/mol. The molecule has 1 aromatic heterocycles. The SMILES string of the molecule is CC(=O)O[C@H]1[C@H]2O[C@]23[C@@H]2CC[C@@H]4C[C@@H](O)CC[C@]4(C)[C@@H]2C[C@@H](O)[C@]3(C)[C@H]1c1ccc(=O)oc1. The van der Waals surface area contributed by atoms with Gasteiger partial charge in [0.1, 0.15) is 17.8 Å². The van der Waals surface area contributed by atoms with Gasteiger partial charge in [-0.25, -0.2) is 4.79 Å². The highest BCUT2D eigenvalue weighted by Crippen LogP contribution is 2.78. The number of carbonyl (C=O) groups excluding carboxylic acids is 1. The van der Waals surface area contributed by atoms with Crippen LogP contribution in [0.3, 0.4) is 0 Å². The van der Waals surface area contributed by atoms with E-state index in [1.165, 1.54) is 19.3 Å². The molecule has 5 fully saturated rings. The average molecular weight is 459 g/mol. The van der Waals surface area contributed by atoms with Crippen molar-refractivity contribution >= 4 is 5.97 Å². The molecule has 4 saturated carbocycles. The van der Waals surface area contributed by atoms with E-state index in [-0.39, 0.29) is 35.4 Å². The minimum absolute atomic E-state index is 0.0598. The van der Waals surface area contributed by atoms with Gasteiger partial charge in [-0.1, -0.05) is 13.8 Å². The summed E-state index contributed by atoms with van der Waals surface area (Å²) in [5.74, 6) is 0.309. The molecule has 6 rings (SSSR count). The van der Waals surface area contributed by atoms with Gasteiger partial charge in [0, 0.05) is 24.3 Å². The smallest absolute Gasteiger partial charge is 0.335 e. The molecule has 1 spiro atoms. The number of aliphatic hydroxyl groups excluding tert-OH is 2. The fourth-order valence-corrected chi connectivity index (χ4v) is 9.06. The van der Waals surface area contributed by atoms with Crippen molar-refractivity contribution in [3.63, 3.8) is 0 Å². The normalized spacial score (nSPS) is 52.2. The van der Waals surface area contributed by atoms with Crippen molar-refractivity contribution in [1.29, 1.82) is 0 Å². The summed E-state index contributed by atoms with van der Waals surface area (Å²) < 4.78 is 17.6. The molecule has 1 aromatic rings. The zero-order valence-electron chi connectivity index (χ0n) is 19.5. The molecule has 0 radical (unpaired) electrons. The van der Waals surface area contributed by atoms with Gasteiger partial charge in [-0.05, 0) is 73.3 Å². The fourth-order valence-electron chi connectivity index (χ4n) is 9.06. The standard InChI is InChI=1S/C26H34O7/c1-13(27)32-22-21(14-4-7-20(30)31-12-14)25(3)19(29)11-18-17(26(25)23(22)33-26)6-5-15-10-16(28)8-9-24(15,18)2/h4,7,12,15-19,21-23,28-29H,5-6,8-11H2,1-3H3/t15-,16+,17-,18-,19-,21+,22-,23-,24+,25-,26-/m1/s1. The van der Waals surface area contributed by atoms with Crippen LogP contribution in [0.1, 0.15) is 70.8 Å².